The van der Waals surface area contributed by atoms with Crippen molar-refractivity contribution in [3.8, 4) is 0 Å². The fourth-order valence-electron chi connectivity index (χ4n) is 1.09. The molecule has 0 fully saturated rings. The SMILES string of the molecule is CCc1cc(=S)nc(COCC(F)(F)F)[nH]1. The molecular formula is C9H11F3N2OS. The number of H-pyrrole nitrogens is 1. The van der Waals surface area contributed by atoms with Gasteiger partial charge >= 0.3 is 6.18 Å². The molecule has 0 aliphatic heterocycles. The van der Waals surface area contributed by atoms with Gasteiger partial charge in [-0.3, -0.25) is 0 Å². The Kier molecular flexibility index (Phi) is 4.43. The zero-order valence-corrected chi connectivity index (χ0v) is 9.41. The lowest BCUT2D eigenvalue weighted by atomic mass is 10.3. The molecule has 0 saturated carbocycles. The average molecular weight is 252 g/mol. The third-order valence-electron chi connectivity index (χ3n) is 1.73. The third kappa shape index (κ3) is 4.71. The van der Waals surface area contributed by atoms with Crippen molar-refractivity contribution < 1.29 is 17.9 Å². The van der Waals surface area contributed by atoms with Crippen molar-refractivity contribution >= 4 is 12.2 Å². The summed E-state index contributed by atoms with van der Waals surface area (Å²) in [6.07, 6.45) is -3.61. The number of ether oxygens (including phenoxy) is 1. The first-order valence-corrected chi connectivity index (χ1v) is 5.05. The molecule has 0 aromatic carbocycles. The molecular weight excluding hydrogens is 241 g/mol. The van der Waals surface area contributed by atoms with Gasteiger partial charge in [-0.25, -0.2) is 4.98 Å². The largest absolute Gasteiger partial charge is 0.411 e. The highest BCUT2D eigenvalue weighted by Crippen LogP contribution is 2.15. The van der Waals surface area contributed by atoms with E-state index in [9.17, 15) is 13.2 Å². The summed E-state index contributed by atoms with van der Waals surface area (Å²) in [5.74, 6) is 0.314. The molecule has 0 spiro atoms. The molecule has 0 bridgehead atoms. The maximum atomic E-state index is 11.8. The van der Waals surface area contributed by atoms with Gasteiger partial charge in [-0.1, -0.05) is 19.1 Å². The fraction of sp³-hybridized carbons (Fsp3) is 0.556. The molecule has 0 unspecified atom stereocenters. The lowest BCUT2D eigenvalue weighted by Crippen LogP contribution is -2.17. The molecule has 0 aliphatic carbocycles. The summed E-state index contributed by atoms with van der Waals surface area (Å²) < 4.78 is 40.2. The van der Waals surface area contributed by atoms with Gasteiger partial charge in [0.15, 0.2) is 0 Å². The van der Waals surface area contributed by atoms with E-state index in [1.165, 1.54) is 0 Å². The molecule has 1 N–H and O–H groups in total. The van der Waals surface area contributed by atoms with Crippen molar-refractivity contribution in [3.05, 3.63) is 22.2 Å². The van der Waals surface area contributed by atoms with Crippen LogP contribution in [0.15, 0.2) is 6.07 Å². The van der Waals surface area contributed by atoms with Crippen LogP contribution in [0.4, 0.5) is 13.2 Å². The van der Waals surface area contributed by atoms with E-state index < -0.39 is 12.8 Å². The van der Waals surface area contributed by atoms with Crippen molar-refractivity contribution in [2.24, 2.45) is 0 Å². The summed E-state index contributed by atoms with van der Waals surface area (Å²) in [6, 6.07) is 1.67. The summed E-state index contributed by atoms with van der Waals surface area (Å²) in [5, 5.41) is 0. The lowest BCUT2D eigenvalue weighted by Gasteiger charge is -2.08. The number of nitrogens with zero attached hydrogens (tertiary/aromatic N) is 1. The van der Waals surface area contributed by atoms with Gasteiger partial charge in [0.25, 0.3) is 0 Å². The zero-order chi connectivity index (χ0) is 12.2. The Morgan fingerprint density at radius 3 is 2.75 bits per heavy atom. The predicted octanol–water partition coefficient (Wildman–Crippen LogP) is 2.78. The van der Waals surface area contributed by atoms with Gasteiger partial charge in [-0.2, -0.15) is 13.2 Å². The molecule has 7 heteroatoms. The number of alkyl halides is 3. The van der Waals surface area contributed by atoms with E-state index in [4.69, 9.17) is 12.2 Å². The second-order valence-electron chi connectivity index (χ2n) is 3.15. The Labute approximate surface area is 95.7 Å². The number of aromatic amines is 1. The van der Waals surface area contributed by atoms with E-state index >= 15 is 0 Å². The van der Waals surface area contributed by atoms with Crippen LogP contribution in [-0.2, 0) is 17.8 Å². The molecule has 3 nitrogen and oxygen atoms in total. The number of halogens is 3. The van der Waals surface area contributed by atoms with Gasteiger partial charge in [-0.15, -0.1) is 0 Å². The molecule has 1 heterocycles. The van der Waals surface area contributed by atoms with Gasteiger partial charge < -0.3 is 9.72 Å². The van der Waals surface area contributed by atoms with Crippen molar-refractivity contribution in [1.82, 2.24) is 9.97 Å². The van der Waals surface area contributed by atoms with E-state index in [1.807, 2.05) is 6.92 Å². The summed E-state index contributed by atoms with van der Waals surface area (Å²) >= 11 is 4.87. The molecule has 1 aromatic rings. The summed E-state index contributed by atoms with van der Waals surface area (Å²) in [4.78, 5) is 6.72. The molecule has 0 radical (unpaired) electrons. The second kappa shape index (κ2) is 5.40. The number of nitrogens with one attached hydrogen (secondary N) is 1. The number of aromatic nitrogens is 2. The third-order valence-corrected chi connectivity index (χ3v) is 1.94. The van der Waals surface area contributed by atoms with Crippen LogP contribution in [0.5, 0.6) is 0 Å². The number of rotatable bonds is 4. The van der Waals surface area contributed by atoms with Crippen LogP contribution in [0.2, 0.25) is 0 Å². The van der Waals surface area contributed by atoms with Gasteiger partial charge in [-0.05, 0) is 12.5 Å². The Balaban J connectivity index is 2.60. The smallest absolute Gasteiger partial charge is 0.364 e. The van der Waals surface area contributed by atoms with Crippen molar-refractivity contribution in [3.63, 3.8) is 0 Å². The van der Waals surface area contributed by atoms with Crippen LogP contribution < -0.4 is 0 Å². The van der Waals surface area contributed by atoms with E-state index in [-0.39, 0.29) is 6.61 Å². The number of hydrogen-bond donors (Lipinski definition) is 1. The van der Waals surface area contributed by atoms with E-state index in [0.717, 1.165) is 5.69 Å². The molecule has 1 aromatic heterocycles. The second-order valence-corrected chi connectivity index (χ2v) is 3.57. The highest BCUT2D eigenvalue weighted by atomic mass is 32.1. The Bertz CT molecular complexity index is 402. The van der Waals surface area contributed by atoms with E-state index in [0.29, 0.717) is 16.9 Å². The average Bonchev–Trinajstić information content (AvgIpc) is 2.14. The monoisotopic (exact) mass is 252 g/mol. The quantitative estimate of drug-likeness (QED) is 0.837. The van der Waals surface area contributed by atoms with Gasteiger partial charge in [0.2, 0.25) is 0 Å². The fourth-order valence-corrected chi connectivity index (χ4v) is 1.34. The van der Waals surface area contributed by atoms with Crippen molar-refractivity contribution in [2.75, 3.05) is 6.61 Å². The predicted molar refractivity (Wildman–Crippen MR) is 54.5 cm³/mol. The molecule has 0 aliphatic rings. The van der Waals surface area contributed by atoms with E-state index in [1.54, 1.807) is 6.07 Å². The van der Waals surface area contributed by atoms with Crippen LogP contribution >= 0.6 is 12.2 Å². The summed E-state index contributed by atoms with van der Waals surface area (Å²) in [6.45, 7) is 0.392. The van der Waals surface area contributed by atoms with Crippen LogP contribution in [0.1, 0.15) is 18.4 Å². The molecule has 1 rings (SSSR count). The number of aryl methyl sites for hydroxylation is 1. The highest BCUT2D eigenvalue weighted by Gasteiger charge is 2.27. The summed E-state index contributed by atoms with van der Waals surface area (Å²) in [5.41, 5.74) is 0.825. The standard InChI is InChI=1S/C9H11F3N2OS/c1-2-6-3-8(16)14-7(13-6)4-15-5-9(10,11)12/h3H,2,4-5H2,1H3,(H,13,14,16). The minimum atomic E-state index is -4.32. The maximum absolute atomic E-state index is 11.8. The van der Waals surface area contributed by atoms with Gasteiger partial charge in [0.1, 0.15) is 23.7 Å². The van der Waals surface area contributed by atoms with Crippen molar-refractivity contribution in [1.29, 1.82) is 0 Å². The first-order valence-electron chi connectivity index (χ1n) is 4.64. The minimum absolute atomic E-state index is 0.225. The molecule has 0 saturated heterocycles. The molecule has 0 atom stereocenters. The minimum Gasteiger partial charge on any atom is -0.364 e. The van der Waals surface area contributed by atoms with E-state index in [2.05, 4.69) is 14.7 Å². The lowest BCUT2D eigenvalue weighted by molar-refractivity contribution is -0.177. The first-order chi connectivity index (χ1) is 7.40. The van der Waals surface area contributed by atoms with Crippen LogP contribution in [0.3, 0.4) is 0 Å². The molecule has 90 valence electrons. The number of hydrogen-bond acceptors (Lipinski definition) is 3. The Morgan fingerprint density at radius 1 is 1.50 bits per heavy atom. The van der Waals surface area contributed by atoms with Gasteiger partial charge in [0.05, 0.1) is 0 Å². The van der Waals surface area contributed by atoms with Crippen molar-refractivity contribution in [2.45, 2.75) is 26.1 Å². The Morgan fingerprint density at radius 2 is 2.19 bits per heavy atom. The first kappa shape index (κ1) is 13.1. The Hall–Kier alpha value is -0.950. The van der Waals surface area contributed by atoms with Gasteiger partial charge in [0, 0.05) is 5.69 Å². The van der Waals surface area contributed by atoms with Crippen LogP contribution in [0, 0.1) is 4.64 Å². The highest BCUT2D eigenvalue weighted by molar-refractivity contribution is 7.71. The zero-order valence-electron chi connectivity index (χ0n) is 8.60. The molecule has 0 amide bonds. The normalized spacial score (nSPS) is 11.8. The van der Waals surface area contributed by atoms with Crippen LogP contribution in [0.25, 0.3) is 0 Å². The molecule has 16 heavy (non-hydrogen) atoms. The summed E-state index contributed by atoms with van der Waals surface area (Å²) in [7, 11) is 0. The van der Waals surface area contributed by atoms with Crippen LogP contribution in [-0.4, -0.2) is 22.8 Å². The maximum Gasteiger partial charge on any atom is 0.411 e. The topological polar surface area (TPSA) is 37.9 Å².